The lowest BCUT2D eigenvalue weighted by Gasteiger charge is -1.97. The first-order valence-electron chi connectivity index (χ1n) is 4.99. The highest BCUT2D eigenvalue weighted by atomic mass is 35.5. The van der Waals surface area contributed by atoms with E-state index >= 15 is 0 Å². The van der Waals surface area contributed by atoms with Crippen LogP contribution in [0.5, 0.6) is 0 Å². The first-order valence-corrected chi connectivity index (χ1v) is 6.82. The molecule has 0 aliphatic rings. The number of aryl methyl sites for hydroxylation is 1. The Morgan fingerprint density at radius 3 is 2.56 bits per heavy atom. The normalized spacial score (nSPS) is 10.7. The lowest BCUT2D eigenvalue weighted by molar-refractivity contribution is 1.09. The highest BCUT2D eigenvalue weighted by Crippen LogP contribution is 2.22. The summed E-state index contributed by atoms with van der Waals surface area (Å²) in [6.45, 7) is 2.04. The summed E-state index contributed by atoms with van der Waals surface area (Å²) in [4.78, 5) is 5.79. The molecule has 0 aliphatic carbocycles. The highest BCUT2D eigenvalue weighted by Gasteiger charge is 2.06. The molecule has 0 fully saturated rings. The van der Waals surface area contributed by atoms with E-state index in [9.17, 15) is 0 Å². The number of halogens is 1. The Morgan fingerprint density at radius 2 is 2.00 bits per heavy atom. The van der Waals surface area contributed by atoms with Gasteiger partial charge in [0, 0.05) is 22.1 Å². The van der Waals surface area contributed by atoms with E-state index in [2.05, 4.69) is 17.6 Å². The molecule has 0 saturated heterocycles. The van der Waals surface area contributed by atoms with Crippen molar-refractivity contribution in [3.63, 3.8) is 0 Å². The fourth-order valence-electron chi connectivity index (χ4n) is 1.49. The van der Waals surface area contributed by atoms with Crippen LogP contribution in [0.4, 0.5) is 0 Å². The molecule has 2 rings (SSSR count). The van der Waals surface area contributed by atoms with Gasteiger partial charge in [-0.15, -0.1) is 11.3 Å². The number of benzene rings is 1. The summed E-state index contributed by atoms with van der Waals surface area (Å²) in [6.07, 6.45) is 0.871. The third-order valence-corrected chi connectivity index (χ3v) is 4.29. The maximum absolute atomic E-state index is 5.84. The minimum Gasteiger partial charge on any atom is -0.246 e. The molecule has 0 amide bonds. The lowest BCUT2D eigenvalue weighted by atomic mass is 10.2. The maximum atomic E-state index is 5.84. The Labute approximate surface area is 110 Å². The Hall–Kier alpha value is -0.510. The third kappa shape index (κ3) is 2.78. The van der Waals surface area contributed by atoms with Gasteiger partial charge < -0.3 is 0 Å². The number of rotatable bonds is 3. The molecule has 1 aromatic carbocycles. The number of hydrogen-bond acceptors (Lipinski definition) is 3. The van der Waals surface area contributed by atoms with Crippen molar-refractivity contribution < 1.29 is 0 Å². The molecule has 0 atom stereocenters. The van der Waals surface area contributed by atoms with Crippen LogP contribution in [0.1, 0.15) is 21.1 Å². The predicted octanol–water partition coefficient (Wildman–Crippen LogP) is 4.13. The average Bonchev–Trinajstić information content (AvgIpc) is 2.62. The molecular formula is C12H12ClNS2. The van der Waals surface area contributed by atoms with E-state index in [1.165, 1.54) is 10.4 Å². The van der Waals surface area contributed by atoms with Gasteiger partial charge in [-0.25, -0.2) is 4.98 Å². The number of nitrogens with zero attached hydrogens (tertiary/aromatic N) is 1. The van der Waals surface area contributed by atoms with Crippen molar-refractivity contribution in [3.05, 3.63) is 50.4 Å². The highest BCUT2D eigenvalue weighted by molar-refractivity contribution is 7.79. The van der Waals surface area contributed by atoms with Crippen LogP contribution in [0.15, 0.2) is 24.3 Å². The number of thiazole rings is 1. The number of aromatic nitrogens is 1. The van der Waals surface area contributed by atoms with Crippen LogP contribution in [-0.2, 0) is 12.2 Å². The molecule has 4 heteroatoms. The van der Waals surface area contributed by atoms with E-state index in [1.807, 2.05) is 31.2 Å². The molecule has 1 aromatic heterocycles. The van der Waals surface area contributed by atoms with E-state index in [4.69, 9.17) is 11.6 Å². The quantitative estimate of drug-likeness (QED) is 0.827. The zero-order valence-corrected chi connectivity index (χ0v) is 11.4. The van der Waals surface area contributed by atoms with Gasteiger partial charge in [0.1, 0.15) is 0 Å². The van der Waals surface area contributed by atoms with Gasteiger partial charge in [-0.05, 0) is 24.6 Å². The van der Waals surface area contributed by atoms with E-state index < -0.39 is 0 Å². The van der Waals surface area contributed by atoms with Crippen LogP contribution in [-0.4, -0.2) is 4.98 Å². The molecule has 16 heavy (non-hydrogen) atoms. The number of thiol groups is 1. The topological polar surface area (TPSA) is 12.9 Å². The van der Waals surface area contributed by atoms with Crippen LogP contribution in [0, 0.1) is 6.92 Å². The molecule has 0 radical (unpaired) electrons. The van der Waals surface area contributed by atoms with Crippen molar-refractivity contribution in [3.8, 4) is 0 Å². The molecule has 0 spiro atoms. The molecule has 2 aromatic rings. The molecular weight excluding hydrogens is 258 g/mol. The van der Waals surface area contributed by atoms with Crippen LogP contribution in [0.25, 0.3) is 0 Å². The summed E-state index contributed by atoms with van der Waals surface area (Å²) in [7, 11) is 0. The lowest BCUT2D eigenvalue weighted by Crippen LogP contribution is -1.86. The zero-order chi connectivity index (χ0) is 11.5. The second-order valence-corrected chi connectivity index (χ2v) is 5.50. The second-order valence-electron chi connectivity index (χ2n) is 3.58. The van der Waals surface area contributed by atoms with Gasteiger partial charge in [-0.2, -0.15) is 12.6 Å². The molecule has 1 nitrogen and oxygen atoms in total. The first-order chi connectivity index (χ1) is 7.69. The van der Waals surface area contributed by atoms with Gasteiger partial charge in [-0.3, -0.25) is 0 Å². The van der Waals surface area contributed by atoms with Crippen molar-refractivity contribution >= 4 is 35.6 Å². The first kappa shape index (κ1) is 12.0. The zero-order valence-electron chi connectivity index (χ0n) is 8.90. The Bertz CT molecular complexity index is 476. The maximum Gasteiger partial charge on any atom is 0.0975 e. The molecule has 1 heterocycles. The summed E-state index contributed by atoms with van der Waals surface area (Å²) in [5.74, 6) is 0.768. The van der Waals surface area contributed by atoms with Crippen molar-refractivity contribution in [2.75, 3.05) is 0 Å². The van der Waals surface area contributed by atoms with Gasteiger partial charge >= 0.3 is 0 Å². The van der Waals surface area contributed by atoms with Crippen LogP contribution >= 0.6 is 35.6 Å². The largest absolute Gasteiger partial charge is 0.246 e. The van der Waals surface area contributed by atoms with Gasteiger partial charge in [0.15, 0.2) is 0 Å². The van der Waals surface area contributed by atoms with Gasteiger partial charge in [0.05, 0.1) is 10.7 Å². The van der Waals surface area contributed by atoms with Crippen molar-refractivity contribution in [1.82, 2.24) is 4.98 Å². The molecule has 0 unspecified atom stereocenters. The second kappa shape index (κ2) is 5.21. The van der Waals surface area contributed by atoms with Crippen LogP contribution < -0.4 is 0 Å². The standard InChI is InChI=1S/C12H12ClNS2/c1-8-11(7-15)16-12(14-8)6-9-2-4-10(13)5-3-9/h2-5,15H,6-7H2,1H3. The van der Waals surface area contributed by atoms with E-state index in [-0.39, 0.29) is 0 Å². The average molecular weight is 270 g/mol. The van der Waals surface area contributed by atoms with Crippen molar-refractivity contribution in [1.29, 1.82) is 0 Å². The molecule has 0 bridgehead atoms. The van der Waals surface area contributed by atoms with Crippen LogP contribution in [0.3, 0.4) is 0 Å². The van der Waals surface area contributed by atoms with Gasteiger partial charge in [0.2, 0.25) is 0 Å². The van der Waals surface area contributed by atoms with E-state index in [0.717, 1.165) is 27.9 Å². The summed E-state index contributed by atoms with van der Waals surface area (Å²) in [5.41, 5.74) is 2.34. The van der Waals surface area contributed by atoms with Crippen LogP contribution in [0.2, 0.25) is 5.02 Å². The SMILES string of the molecule is Cc1nc(Cc2ccc(Cl)cc2)sc1CS. The van der Waals surface area contributed by atoms with Gasteiger partial charge in [0.25, 0.3) is 0 Å². The minimum absolute atomic E-state index is 0.768. The molecule has 84 valence electrons. The Kier molecular flexibility index (Phi) is 3.90. The van der Waals surface area contributed by atoms with Gasteiger partial charge in [-0.1, -0.05) is 23.7 Å². The Balaban J connectivity index is 2.17. The summed E-state index contributed by atoms with van der Waals surface area (Å²) >= 11 is 11.9. The monoisotopic (exact) mass is 269 g/mol. The summed E-state index contributed by atoms with van der Waals surface area (Å²) in [5, 5.41) is 1.92. The Morgan fingerprint density at radius 1 is 1.31 bits per heavy atom. The van der Waals surface area contributed by atoms with Crippen molar-refractivity contribution in [2.45, 2.75) is 19.1 Å². The third-order valence-electron chi connectivity index (χ3n) is 2.35. The minimum atomic E-state index is 0.768. The number of hydrogen-bond donors (Lipinski definition) is 1. The summed E-state index contributed by atoms with van der Waals surface area (Å²) < 4.78 is 0. The van der Waals surface area contributed by atoms with E-state index in [0.29, 0.717) is 0 Å². The molecule has 0 aliphatic heterocycles. The molecule has 0 N–H and O–H groups in total. The smallest absolute Gasteiger partial charge is 0.0975 e. The molecule has 0 saturated carbocycles. The predicted molar refractivity (Wildman–Crippen MR) is 73.8 cm³/mol. The summed E-state index contributed by atoms with van der Waals surface area (Å²) in [6, 6.07) is 7.91. The fourth-order valence-corrected chi connectivity index (χ4v) is 3.00. The van der Waals surface area contributed by atoms with Crippen molar-refractivity contribution in [2.24, 2.45) is 0 Å². The fraction of sp³-hybridized carbons (Fsp3) is 0.250. The van der Waals surface area contributed by atoms with E-state index in [1.54, 1.807) is 11.3 Å².